The molecule has 3 amide bonds. The molecule has 0 radical (unpaired) electrons. The van der Waals surface area contributed by atoms with E-state index in [0.717, 1.165) is 10.8 Å². The molecule has 1 fully saturated rings. The molecule has 0 atom stereocenters. The number of rotatable bonds is 3. The van der Waals surface area contributed by atoms with Gasteiger partial charge in [0.25, 0.3) is 0 Å². The minimum atomic E-state index is -0.469. The Labute approximate surface area is 143 Å². The number of fused-ring (bicyclic) bond motifs is 1. The number of ether oxygens (including phenoxy) is 1. The summed E-state index contributed by atoms with van der Waals surface area (Å²) in [7, 11) is 0. The number of hydrogen-bond donors (Lipinski definition) is 1. The smallest absolute Gasteiger partial charge is 0.328 e. The van der Waals surface area contributed by atoms with Gasteiger partial charge in [0.05, 0.1) is 18.1 Å². The van der Waals surface area contributed by atoms with Crippen LogP contribution in [0.5, 0.6) is 11.8 Å². The normalized spacial score (nSPS) is 14.5. The van der Waals surface area contributed by atoms with Gasteiger partial charge in [0.2, 0.25) is 5.91 Å². The Balaban J connectivity index is 1.51. The first kappa shape index (κ1) is 15.1. The predicted octanol–water partition coefficient (Wildman–Crippen LogP) is 2.87. The van der Waals surface area contributed by atoms with E-state index in [0.29, 0.717) is 18.0 Å². The summed E-state index contributed by atoms with van der Waals surface area (Å²) in [5.41, 5.74) is 0.510. The van der Waals surface area contributed by atoms with Gasteiger partial charge in [-0.25, -0.2) is 14.8 Å². The van der Waals surface area contributed by atoms with Crippen LogP contribution in [0.25, 0.3) is 10.8 Å². The number of anilines is 1. The number of nitrogens with one attached hydrogen (secondary N) is 1. The van der Waals surface area contributed by atoms with Crippen LogP contribution in [-0.2, 0) is 4.79 Å². The quantitative estimate of drug-likeness (QED) is 0.796. The average molecular weight is 334 g/mol. The third-order valence-corrected chi connectivity index (χ3v) is 3.91. The van der Waals surface area contributed by atoms with E-state index in [9.17, 15) is 9.59 Å². The number of benzene rings is 2. The Morgan fingerprint density at radius 3 is 2.52 bits per heavy atom. The van der Waals surface area contributed by atoms with E-state index < -0.39 is 6.03 Å². The van der Waals surface area contributed by atoms with Crippen LogP contribution in [0, 0.1) is 0 Å². The lowest BCUT2D eigenvalue weighted by atomic mass is 10.1. The Bertz CT molecular complexity index is 956. The molecule has 3 aromatic rings. The molecule has 7 heteroatoms. The maximum Gasteiger partial charge on any atom is 0.328 e. The lowest BCUT2D eigenvalue weighted by Crippen LogP contribution is -2.49. The topological polar surface area (TPSA) is 84.4 Å². The minimum absolute atomic E-state index is 0.188. The van der Waals surface area contributed by atoms with Crippen molar-refractivity contribution in [2.45, 2.75) is 6.42 Å². The van der Waals surface area contributed by atoms with E-state index in [-0.39, 0.29) is 18.3 Å². The van der Waals surface area contributed by atoms with Crippen molar-refractivity contribution >= 4 is 28.4 Å². The number of carbonyl (C=O) groups excluding carboxylic acids is 2. The Hall–Kier alpha value is -3.48. The van der Waals surface area contributed by atoms with Gasteiger partial charge >= 0.3 is 12.0 Å². The molecule has 2 aromatic carbocycles. The first-order valence-corrected chi connectivity index (χ1v) is 7.79. The second-order valence-electron chi connectivity index (χ2n) is 5.59. The van der Waals surface area contributed by atoms with Crippen LogP contribution in [0.15, 0.2) is 54.9 Å². The van der Waals surface area contributed by atoms with Crippen molar-refractivity contribution in [2.75, 3.05) is 11.4 Å². The molecule has 0 saturated carbocycles. The molecular weight excluding hydrogens is 320 g/mol. The predicted molar refractivity (Wildman–Crippen MR) is 91.6 cm³/mol. The molecule has 124 valence electrons. The van der Waals surface area contributed by atoms with Gasteiger partial charge in [0, 0.05) is 13.0 Å². The molecule has 4 rings (SSSR count). The second-order valence-corrected chi connectivity index (χ2v) is 5.59. The fourth-order valence-electron chi connectivity index (χ4n) is 2.65. The van der Waals surface area contributed by atoms with Crippen LogP contribution in [0.3, 0.4) is 0 Å². The standard InChI is InChI=1S/C18H14N4O3/c23-16-7-8-22(18(24)21-16)14-10-19-17(20-11-14)25-15-6-5-12-3-1-2-4-13(12)9-15/h1-6,9-11H,7-8H2,(H,21,23,24). The molecule has 25 heavy (non-hydrogen) atoms. The van der Waals surface area contributed by atoms with Gasteiger partial charge in [0.1, 0.15) is 5.75 Å². The fraction of sp³-hybridized carbons (Fsp3) is 0.111. The van der Waals surface area contributed by atoms with Crippen molar-refractivity contribution in [1.82, 2.24) is 15.3 Å². The second kappa shape index (κ2) is 6.20. The molecule has 1 aliphatic heterocycles. The van der Waals surface area contributed by atoms with Gasteiger partial charge in [-0.1, -0.05) is 30.3 Å². The van der Waals surface area contributed by atoms with E-state index in [4.69, 9.17) is 4.74 Å². The SMILES string of the molecule is O=C1CCN(c2cnc(Oc3ccc4ccccc4c3)nc2)C(=O)N1. The summed E-state index contributed by atoms with van der Waals surface area (Å²) in [5, 5.41) is 4.44. The first-order chi connectivity index (χ1) is 12.2. The Morgan fingerprint density at radius 1 is 1.00 bits per heavy atom. The summed E-state index contributed by atoms with van der Waals surface area (Å²) in [6.07, 6.45) is 3.25. The highest BCUT2D eigenvalue weighted by molar-refractivity contribution is 6.05. The Kier molecular flexibility index (Phi) is 3.74. The molecular formula is C18H14N4O3. The Morgan fingerprint density at radius 2 is 1.76 bits per heavy atom. The van der Waals surface area contributed by atoms with Crippen molar-refractivity contribution in [3.63, 3.8) is 0 Å². The molecule has 7 nitrogen and oxygen atoms in total. The monoisotopic (exact) mass is 334 g/mol. The summed E-state index contributed by atoms with van der Waals surface area (Å²) in [5.74, 6) is 0.353. The zero-order valence-electron chi connectivity index (χ0n) is 13.2. The third-order valence-electron chi connectivity index (χ3n) is 3.91. The average Bonchev–Trinajstić information content (AvgIpc) is 2.63. The summed E-state index contributed by atoms with van der Waals surface area (Å²) >= 11 is 0. The van der Waals surface area contributed by atoms with Crippen LogP contribution in [0.4, 0.5) is 10.5 Å². The zero-order chi connectivity index (χ0) is 17.2. The van der Waals surface area contributed by atoms with Gasteiger partial charge in [-0.05, 0) is 22.9 Å². The number of nitrogens with zero attached hydrogens (tertiary/aromatic N) is 3. The van der Waals surface area contributed by atoms with Crippen LogP contribution < -0.4 is 15.0 Å². The van der Waals surface area contributed by atoms with E-state index in [1.54, 1.807) is 0 Å². The van der Waals surface area contributed by atoms with Crippen molar-refractivity contribution in [1.29, 1.82) is 0 Å². The number of aromatic nitrogens is 2. The molecule has 0 unspecified atom stereocenters. The molecule has 0 spiro atoms. The summed E-state index contributed by atoms with van der Waals surface area (Å²) in [4.78, 5) is 32.7. The largest absolute Gasteiger partial charge is 0.424 e. The maximum atomic E-state index is 11.8. The molecule has 0 bridgehead atoms. The highest BCUT2D eigenvalue weighted by Crippen LogP contribution is 2.24. The summed E-state index contributed by atoms with van der Waals surface area (Å²) < 4.78 is 5.68. The van der Waals surface area contributed by atoms with Gasteiger partial charge in [-0.3, -0.25) is 15.0 Å². The van der Waals surface area contributed by atoms with Crippen LogP contribution in [0.1, 0.15) is 6.42 Å². The van der Waals surface area contributed by atoms with Crippen LogP contribution in [-0.4, -0.2) is 28.5 Å². The number of hydrogen-bond acceptors (Lipinski definition) is 5. The van der Waals surface area contributed by atoms with Crippen molar-refractivity contribution < 1.29 is 14.3 Å². The summed E-state index contributed by atoms with van der Waals surface area (Å²) in [6, 6.07) is 13.4. The van der Waals surface area contributed by atoms with E-state index in [1.165, 1.54) is 17.3 Å². The van der Waals surface area contributed by atoms with Gasteiger partial charge in [-0.15, -0.1) is 0 Å². The van der Waals surface area contributed by atoms with Gasteiger partial charge < -0.3 is 4.74 Å². The van der Waals surface area contributed by atoms with Crippen molar-refractivity contribution in [3.05, 3.63) is 54.9 Å². The molecule has 2 heterocycles. The number of carbonyl (C=O) groups is 2. The van der Waals surface area contributed by atoms with E-state index >= 15 is 0 Å². The molecule has 0 aliphatic carbocycles. The first-order valence-electron chi connectivity index (χ1n) is 7.79. The number of amides is 3. The lowest BCUT2D eigenvalue weighted by molar-refractivity contribution is -0.120. The van der Waals surface area contributed by atoms with E-state index in [1.807, 2.05) is 42.5 Å². The molecule has 1 saturated heterocycles. The highest BCUT2D eigenvalue weighted by Gasteiger charge is 2.24. The third kappa shape index (κ3) is 3.12. The highest BCUT2D eigenvalue weighted by atomic mass is 16.5. The minimum Gasteiger partial charge on any atom is -0.424 e. The van der Waals surface area contributed by atoms with Crippen molar-refractivity contribution in [3.8, 4) is 11.8 Å². The fourth-order valence-corrected chi connectivity index (χ4v) is 2.65. The molecule has 1 N–H and O–H groups in total. The maximum absolute atomic E-state index is 11.8. The van der Waals surface area contributed by atoms with Gasteiger partial charge in [-0.2, -0.15) is 0 Å². The zero-order valence-corrected chi connectivity index (χ0v) is 13.2. The lowest BCUT2D eigenvalue weighted by Gasteiger charge is -2.25. The van der Waals surface area contributed by atoms with Gasteiger partial charge in [0.15, 0.2) is 0 Å². The number of imide groups is 1. The van der Waals surface area contributed by atoms with Crippen LogP contribution >= 0.6 is 0 Å². The van der Waals surface area contributed by atoms with Crippen molar-refractivity contribution in [2.24, 2.45) is 0 Å². The van der Waals surface area contributed by atoms with E-state index in [2.05, 4.69) is 15.3 Å². The van der Waals surface area contributed by atoms with Crippen LogP contribution in [0.2, 0.25) is 0 Å². The number of urea groups is 1. The molecule has 1 aromatic heterocycles. The molecule has 1 aliphatic rings. The summed E-state index contributed by atoms with van der Waals surface area (Å²) in [6.45, 7) is 0.304.